The smallest absolute Gasteiger partial charge is 0.406 e. The first-order valence-corrected chi connectivity index (χ1v) is 9.35. The summed E-state index contributed by atoms with van der Waals surface area (Å²) in [4.78, 5) is 13.5. The van der Waals surface area contributed by atoms with Gasteiger partial charge in [-0.25, -0.2) is 13.1 Å². The first-order valence-electron chi connectivity index (χ1n) is 7.87. The fourth-order valence-corrected chi connectivity index (χ4v) is 3.80. The molecule has 1 aromatic rings. The number of nitrogens with two attached hydrogens (primary N) is 1. The summed E-state index contributed by atoms with van der Waals surface area (Å²) in [5, 5.41) is 0. The summed E-state index contributed by atoms with van der Waals surface area (Å²) in [6.45, 7) is 2.35. The van der Waals surface area contributed by atoms with Crippen LogP contribution in [-0.4, -0.2) is 51.3 Å². The van der Waals surface area contributed by atoms with E-state index in [0.29, 0.717) is 13.1 Å². The normalized spacial score (nSPS) is 21.0. The number of ether oxygens (including phenoxy) is 1. The highest BCUT2D eigenvalue weighted by Crippen LogP contribution is 2.24. The molecule has 0 saturated carbocycles. The van der Waals surface area contributed by atoms with Gasteiger partial charge in [-0.15, -0.1) is 13.2 Å². The molecule has 1 saturated heterocycles. The molecule has 2 atom stereocenters. The SMILES string of the molecule is CC1CC(CN)CN1C(=O)CNS(=O)(=O)c1ccc(OC(F)(F)F)cc1. The van der Waals surface area contributed by atoms with Crippen LogP contribution in [0.5, 0.6) is 5.75 Å². The Morgan fingerprint density at radius 2 is 1.96 bits per heavy atom. The molecule has 1 aliphatic rings. The Kier molecular flexibility index (Phi) is 6.14. The molecule has 2 unspecified atom stereocenters. The quantitative estimate of drug-likeness (QED) is 0.750. The van der Waals surface area contributed by atoms with Crippen LogP contribution in [0, 0.1) is 5.92 Å². The Hall–Kier alpha value is -1.85. The van der Waals surface area contributed by atoms with Gasteiger partial charge in [0.1, 0.15) is 5.75 Å². The number of alkyl halides is 3. The van der Waals surface area contributed by atoms with E-state index >= 15 is 0 Å². The highest BCUT2D eigenvalue weighted by atomic mass is 32.2. The molecule has 0 radical (unpaired) electrons. The Morgan fingerprint density at radius 1 is 1.35 bits per heavy atom. The number of nitrogens with one attached hydrogen (secondary N) is 1. The van der Waals surface area contributed by atoms with Crippen LogP contribution in [0.2, 0.25) is 0 Å². The zero-order valence-corrected chi connectivity index (χ0v) is 14.8. The monoisotopic (exact) mass is 395 g/mol. The first kappa shape index (κ1) is 20.5. The third-order valence-electron chi connectivity index (χ3n) is 4.10. The number of hydrogen-bond acceptors (Lipinski definition) is 5. The lowest BCUT2D eigenvalue weighted by Crippen LogP contribution is -2.42. The van der Waals surface area contributed by atoms with Crippen LogP contribution in [0.4, 0.5) is 13.2 Å². The van der Waals surface area contributed by atoms with Crippen LogP contribution < -0.4 is 15.2 Å². The maximum atomic E-state index is 12.2. The lowest BCUT2D eigenvalue weighted by molar-refractivity contribution is -0.274. The molecule has 3 N–H and O–H groups in total. The van der Waals surface area contributed by atoms with E-state index in [1.54, 1.807) is 4.90 Å². The van der Waals surface area contributed by atoms with E-state index in [1.165, 1.54) is 0 Å². The van der Waals surface area contributed by atoms with Crippen LogP contribution in [0.25, 0.3) is 0 Å². The van der Waals surface area contributed by atoms with Crippen LogP contribution in [0.1, 0.15) is 13.3 Å². The minimum atomic E-state index is -4.86. The number of halogens is 3. The van der Waals surface area contributed by atoms with E-state index < -0.39 is 28.7 Å². The zero-order chi connectivity index (χ0) is 19.5. The number of rotatable bonds is 6. The van der Waals surface area contributed by atoms with Gasteiger partial charge < -0.3 is 15.4 Å². The lowest BCUT2D eigenvalue weighted by Gasteiger charge is -2.21. The Labute approximate surface area is 149 Å². The fraction of sp³-hybridized carbons (Fsp3) is 0.533. The van der Waals surface area contributed by atoms with E-state index in [0.717, 1.165) is 30.7 Å². The molecule has 146 valence electrons. The summed E-state index contributed by atoms with van der Waals surface area (Å²) in [5.41, 5.74) is 5.60. The second-order valence-electron chi connectivity index (χ2n) is 6.08. The van der Waals surface area contributed by atoms with Crippen molar-refractivity contribution in [1.82, 2.24) is 9.62 Å². The van der Waals surface area contributed by atoms with Crippen LogP contribution in [0.15, 0.2) is 29.2 Å². The number of benzene rings is 1. The molecule has 7 nitrogen and oxygen atoms in total. The predicted octanol–water partition coefficient (Wildman–Crippen LogP) is 1.06. The van der Waals surface area contributed by atoms with Crippen molar-refractivity contribution in [2.75, 3.05) is 19.6 Å². The van der Waals surface area contributed by atoms with Crippen molar-refractivity contribution in [3.05, 3.63) is 24.3 Å². The molecule has 1 aromatic carbocycles. The van der Waals surface area contributed by atoms with E-state index in [-0.39, 0.29) is 22.8 Å². The molecule has 26 heavy (non-hydrogen) atoms. The van der Waals surface area contributed by atoms with Gasteiger partial charge in [0.2, 0.25) is 15.9 Å². The molecule has 1 heterocycles. The lowest BCUT2D eigenvalue weighted by atomic mass is 10.1. The van der Waals surface area contributed by atoms with Crippen LogP contribution in [-0.2, 0) is 14.8 Å². The third-order valence-corrected chi connectivity index (χ3v) is 5.51. The second kappa shape index (κ2) is 7.80. The summed E-state index contributed by atoms with van der Waals surface area (Å²) in [6, 6.07) is 3.68. The van der Waals surface area contributed by atoms with E-state index in [4.69, 9.17) is 5.73 Å². The highest BCUT2D eigenvalue weighted by molar-refractivity contribution is 7.89. The van der Waals surface area contributed by atoms with E-state index in [9.17, 15) is 26.4 Å². The minimum Gasteiger partial charge on any atom is -0.406 e. The maximum absolute atomic E-state index is 12.2. The molecule has 0 spiro atoms. The van der Waals surface area contributed by atoms with Gasteiger partial charge >= 0.3 is 6.36 Å². The van der Waals surface area contributed by atoms with Gasteiger partial charge in [-0.05, 0) is 50.1 Å². The van der Waals surface area contributed by atoms with E-state index in [1.807, 2.05) is 6.92 Å². The molecule has 0 bridgehead atoms. The van der Waals surface area contributed by atoms with Gasteiger partial charge in [-0.2, -0.15) is 0 Å². The number of carbonyl (C=O) groups excluding carboxylic acids is 1. The Morgan fingerprint density at radius 3 is 2.46 bits per heavy atom. The van der Waals surface area contributed by atoms with Crippen molar-refractivity contribution < 1.29 is 31.1 Å². The number of sulfonamides is 1. The Bertz CT molecular complexity index is 737. The van der Waals surface area contributed by atoms with Crippen molar-refractivity contribution in [3.63, 3.8) is 0 Å². The summed E-state index contributed by atoms with van der Waals surface area (Å²) >= 11 is 0. The standard InChI is InChI=1S/C15H20F3N3O4S/c1-10-6-11(7-19)9-21(10)14(22)8-20-26(23,24)13-4-2-12(3-5-13)25-15(16,17)18/h2-5,10-11,20H,6-9,19H2,1H3. The molecule has 1 aliphatic heterocycles. The topological polar surface area (TPSA) is 102 Å². The van der Waals surface area contributed by atoms with Crippen molar-refractivity contribution in [2.45, 2.75) is 30.6 Å². The van der Waals surface area contributed by atoms with Crippen LogP contribution in [0.3, 0.4) is 0 Å². The van der Waals surface area contributed by atoms with Crippen molar-refractivity contribution in [2.24, 2.45) is 11.7 Å². The molecule has 1 fully saturated rings. The summed E-state index contributed by atoms with van der Waals surface area (Å²) in [5.74, 6) is -0.730. The number of carbonyl (C=O) groups is 1. The van der Waals surface area contributed by atoms with Crippen molar-refractivity contribution >= 4 is 15.9 Å². The summed E-state index contributed by atoms with van der Waals surface area (Å²) in [7, 11) is -4.04. The predicted molar refractivity (Wildman–Crippen MR) is 86.6 cm³/mol. The molecule has 0 aromatic heterocycles. The van der Waals surface area contributed by atoms with Gasteiger partial charge in [-0.1, -0.05) is 0 Å². The second-order valence-corrected chi connectivity index (χ2v) is 7.84. The molecule has 11 heteroatoms. The van der Waals surface area contributed by atoms with Crippen molar-refractivity contribution in [3.8, 4) is 5.75 Å². The van der Waals surface area contributed by atoms with Gasteiger partial charge in [0.05, 0.1) is 11.4 Å². The number of amides is 1. The fourth-order valence-electron chi connectivity index (χ4n) is 2.82. The van der Waals surface area contributed by atoms with Gasteiger partial charge in [0.25, 0.3) is 0 Å². The van der Waals surface area contributed by atoms with Gasteiger partial charge in [0.15, 0.2) is 0 Å². The average Bonchev–Trinajstić information content (AvgIpc) is 2.93. The van der Waals surface area contributed by atoms with Gasteiger partial charge in [0, 0.05) is 12.6 Å². The Balaban J connectivity index is 1.97. The first-order chi connectivity index (χ1) is 12.0. The zero-order valence-electron chi connectivity index (χ0n) is 14.0. The molecular formula is C15H20F3N3O4S. The highest BCUT2D eigenvalue weighted by Gasteiger charge is 2.32. The molecule has 0 aliphatic carbocycles. The number of hydrogen-bond donors (Lipinski definition) is 2. The summed E-state index contributed by atoms with van der Waals surface area (Å²) < 4.78 is 66.6. The summed E-state index contributed by atoms with van der Waals surface area (Å²) in [6.07, 6.45) is -4.10. The average molecular weight is 395 g/mol. The number of nitrogens with zero attached hydrogens (tertiary/aromatic N) is 1. The van der Waals surface area contributed by atoms with Gasteiger partial charge in [-0.3, -0.25) is 4.79 Å². The minimum absolute atomic E-state index is 0.0284. The number of likely N-dealkylation sites (tertiary alicyclic amines) is 1. The van der Waals surface area contributed by atoms with Crippen molar-refractivity contribution in [1.29, 1.82) is 0 Å². The molecule has 1 amide bonds. The van der Waals surface area contributed by atoms with Crippen LogP contribution >= 0.6 is 0 Å². The largest absolute Gasteiger partial charge is 0.573 e. The molecular weight excluding hydrogens is 375 g/mol. The maximum Gasteiger partial charge on any atom is 0.573 e. The third kappa shape index (κ3) is 5.32. The van der Waals surface area contributed by atoms with E-state index in [2.05, 4.69) is 9.46 Å². The molecule has 2 rings (SSSR count).